The molecule has 0 saturated carbocycles. The molecule has 0 atom stereocenters. The Labute approximate surface area is 90.2 Å². The van der Waals surface area contributed by atoms with Crippen LogP contribution in [0.1, 0.15) is 5.56 Å². The molecule has 2 rings (SSSR count). The quantitative estimate of drug-likeness (QED) is 0.607. The van der Waals surface area contributed by atoms with Crippen molar-refractivity contribution in [1.82, 2.24) is 10.2 Å². The van der Waals surface area contributed by atoms with Gasteiger partial charge in [-0.15, -0.1) is 0 Å². The molecule has 5 N–H and O–H groups in total. The van der Waals surface area contributed by atoms with Gasteiger partial charge in [0.05, 0.1) is 0 Å². The first-order chi connectivity index (χ1) is 7.25. The summed E-state index contributed by atoms with van der Waals surface area (Å²) in [4.78, 5) is 2.40. The minimum absolute atomic E-state index is 0.733. The van der Waals surface area contributed by atoms with E-state index in [0.717, 1.165) is 44.1 Å². The van der Waals surface area contributed by atoms with Gasteiger partial charge in [0, 0.05) is 44.1 Å². The monoisotopic (exact) mass is 206 g/mol. The average molecular weight is 206 g/mol. The lowest BCUT2D eigenvalue weighted by molar-refractivity contribution is 0.233. The number of nitrogens with zero attached hydrogens (tertiary/aromatic N) is 1. The van der Waals surface area contributed by atoms with Crippen LogP contribution < -0.4 is 16.8 Å². The van der Waals surface area contributed by atoms with E-state index in [1.54, 1.807) is 0 Å². The van der Waals surface area contributed by atoms with Crippen LogP contribution in [0.15, 0.2) is 18.2 Å². The molecule has 1 fully saturated rings. The minimum atomic E-state index is 0.733. The van der Waals surface area contributed by atoms with Gasteiger partial charge in [0.1, 0.15) is 0 Å². The van der Waals surface area contributed by atoms with Crippen LogP contribution in [0.2, 0.25) is 0 Å². The smallest absolute Gasteiger partial charge is 0.0380 e. The van der Waals surface area contributed by atoms with Crippen molar-refractivity contribution in [3.8, 4) is 0 Å². The third-order valence-corrected chi connectivity index (χ3v) is 2.77. The SMILES string of the molecule is Nc1ccc(CN2CCNCC2)c(N)c1. The summed E-state index contributed by atoms with van der Waals surface area (Å²) in [6.45, 7) is 5.23. The number of nitrogens with two attached hydrogens (primary N) is 2. The van der Waals surface area contributed by atoms with Crippen LogP contribution in [0.4, 0.5) is 11.4 Å². The fourth-order valence-corrected chi connectivity index (χ4v) is 1.87. The van der Waals surface area contributed by atoms with Gasteiger partial charge in [-0.05, 0) is 17.7 Å². The van der Waals surface area contributed by atoms with Crippen molar-refractivity contribution in [3.63, 3.8) is 0 Å². The molecule has 0 radical (unpaired) electrons. The van der Waals surface area contributed by atoms with Crippen LogP contribution in [0, 0.1) is 0 Å². The number of piperazine rings is 1. The van der Waals surface area contributed by atoms with Gasteiger partial charge in [0.2, 0.25) is 0 Å². The van der Waals surface area contributed by atoms with E-state index in [0.29, 0.717) is 0 Å². The third-order valence-electron chi connectivity index (χ3n) is 2.77. The van der Waals surface area contributed by atoms with Crippen molar-refractivity contribution >= 4 is 11.4 Å². The van der Waals surface area contributed by atoms with E-state index < -0.39 is 0 Å². The molecular formula is C11H18N4. The molecular weight excluding hydrogens is 188 g/mol. The lowest BCUT2D eigenvalue weighted by atomic mass is 10.1. The van der Waals surface area contributed by atoms with Crippen molar-refractivity contribution in [3.05, 3.63) is 23.8 Å². The molecule has 0 aliphatic carbocycles. The van der Waals surface area contributed by atoms with Gasteiger partial charge in [-0.2, -0.15) is 0 Å². The Morgan fingerprint density at radius 1 is 1.20 bits per heavy atom. The Morgan fingerprint density at radius 2 is 1.93 bits per heavy atom. The van der Waals surface area contributed by atoms with Crippen molar-refractivity contribution < 1.29 is 0 Å². The van der Waals surface area contributed by atoms with Crippen molar-refractivity contribution in [1.29, 1.82) is 0 Å². The maximum atomic E-state index is 5.92. The van der Waals surface area contributed by atoms with Crippen LogP contribution in [0.5, 0.6) is 0 Å². The van der Waals surface area contributed by atoms with E-state index in [2.05, 4.69) is 10.2 Å². The molecule has 4 nitrogen and oxygen atoms in total. The van der Waals surface area contributed by atoms with Gasteiger partial charge in [0.15, 0.2) is 0 Å². The lowest BCUT2D eigenvalue weighted by Crippen LogP contribution is -2.42. The molecule has 1 aliphatic rings. The van der Waals surface area contributed by atoms with E-state index in [-0.39, 0.29) is 0 Å². The molecule has 1 aromatic rings. The highest BCUT2D eigenvalue weighted by atomic mass is 15.2. The lowest BCUT2D eigenvalue weighted by Gasteiger charge is -2.27. The molecule has 0 bridgehead atoms. The van der Waals surface area contributed by atoms with Gasteiger partial charge in [-0.3, -0.25) is 4.90 Å². The number of nitrogens with one attached hydrogen (secondary N) is 1. The summed E-state index contributed by atoms with van der Waals surface area (Å²) >= 11 is 0. The summed E-state index contributed by atoms with van der Waals surface area (Å²) in [5.41, 5.74) is 14.3. The highest BCUT2D eigenvalue weighted by Crippen LogP contribution is 2.17. The van der Waals surface area contributed by atoms with Gasteiger partial charge in [0.25, 0.3) is 0 Å². The molecule has 0 spiro atoms. The van der Waals surface area contributed by atoms with Gasteiger partial charge in [-0.25, -0.2) is 0 Å². The highest BCUT2D eigenvalue weighted by Gasteiger charge is 2.11. The summed E-state index contributed by atoms with van der Waals surface area (Å²) in [5, 5.41) is 3.33. The molecule has 15 heavy (non-hydrogen) atoms. The van der Waals surface area contributed by atoms with E-state index in [1.807, 2.05) is 18.2 Å². The fourth-order valence-electron chi connectivity index (χ4n) is 1.87. The zero-order chi connectivity index (χ0) is 10.7. The van der Waals surface area contributed by atoms with Crippen molar-refractivity contribution in [2.45, 2.75) is 6.54 Å². The first kappa shape index (κ1) is 10.3. The first-order valence-corrected chi connectivity index (χ1v) is 5.32. The molecule has 1 saturated heterocycles. The number of hydrogen-bond acceptors (Lipinski definition) is 4. The Hall–Kier alpha value is -1.26. The normalized spacial score (nSPS) is 17.9. The number of benzene rings is 1. The standard InChI is InChI=1S/C11H18N4/c12-10-2-1-9(11(13)7-10)8-15-5-3-14-4-6-15/h1-2,7,14H,3-6,8,12-13H2. The second-order valence-corrected chi connectivity index (χ2v) is 3.98. The minimum Gasteiger partial charge on any atom is -0.399 e. The Kier molecular flexibility index (Phi) is 3.08. The molecule has 1 heterocycles. The van der Waals surface area contributed by atoms with Gasteiger partial charge >= 0.3 is 0 Å². The van der Waals surface area contributed by atoms with E-state index in [4.69, 9.17) is 11.5 Å². The maximum Gasteiger partial charge on any atom is 0.0380 e. The van der Waals surface area contributed by atoms with Crippen LogP contribution in [-0.2, 0) is 6.54 Å². The van der Waals surface area contributed by atoms with Crippen LogP contribution >= 0.6 is 0 Å². The van der Waals surface area contributed by atoms with Crippen LogP contribution in [-0.4, -0.2) is 31.1 Å². The van der Waals surface area contributed by atoms with Gasteiger partial charge in [-0.1, -0.05) is 6.07 Å². The largest absolute Gasteiger partial charge is 0.399 e. The topological polar surface area (TPSA) is 67.3 Å². The molecule has 82 valence electrons. The van der Waals surface area contributed by atoms with Crippen molar-refractivity contribution in [2.24, 2.45) is 0 Å². The summed E-state index contributed by atoms with van der Waals surface area (Å²) in [6, 6.07) is 5.76. The fraction of sp³-hybridized carbons (Fsp3) is 0.455. The first-order valence-electron chi connectivity index (χ1n) is 5.32. The third kappa shape index (κ3) is 2.61. The Bertz CT molecular complexity index is 331. The summed E-state index contributed by atoms with van der Waals surface area (Å²) in [5.74, 6) is 0. The van der Waals surface area contributed by atoms with E-state index in [9.17, 15) is 0 Å². The van der Waals surface area contributed by atoms with Gasteiger partial charge < -0.3 is 16.8 Å². The predicted octanol–water partition coefficient (Wildman–Crippen LogP) is 0.256. The van der Waals surface area contributed by atoms with E-state index >= 15 is 0 Å². The number of nitrogen functional groups attached to an aromatic ring is 2. The zero-order valence-electron chi connectivity index (χ0n) is 8.87. The molecule has 1 aliphatic heterocycles. The Morgan fingerprint density at radius 3 is 2.60 bits per heavy atom. The van der Waals surface area contributed by atoms with Crippen molar-refractivity contribution in [2.75, 3.05) is 37.6 Å². The zero-order valence-corrected chi connectivity index (χ0v) is 8.87. The van der Waals surface area contributed by atoms with Crippen LogP contribution in [0.25, 0.3) is 0 Å². The predicted molar refractivity (Wildman–Crippen MR) is 63.4 cm³/mol. The molecule has 0 amide bonds. The second-order valence-electron chi connectivity index (χ2n) is 3.98. The Balaban J connectivity index is 2.03. The molecule has 4 heteroatoms. The highest BCUT2D eigenvalue weighted by molar-refractivity contribution is 5.56. The molecule has 1 aromatic carbocycles. The van der Waals surface area contributed by atoms with E-state index in [1.165, 1.54) is 5.56 Å². The van der Waals surface area contributed by atoms with Crippen LogP contribution in [0.3, 0.4) is 0 Å². The number of hydrogen-bond donors (Lipinski definition) is 3. The maximum absolute atomic E-state index is 5.92. The number of anilines is 2. The second kappa shape index (κ2) is 4.51. The number of rotatable bonds is 2. The summed E-state index contributed by atoms with van der Waals surface area (Å²) in [7, 11) is 0. The summed E-state index contributed by atoms with van der Waals surface area (Å²) < 4.78 is 0. The average Bonchev–Trinajstić information content (AvgIpc) is 2.24. The molecule has 0 unspecified atom stereocenters. The molecule has 0 aromatic heterocycles. The summed E-state index contributed by atoms with van der Waals surface area (Å²) in [6.07, 6.45) is 0.